The molecule has 0 saturated heterocycles. The van der Waals surface area contributed by atoms with Gasteiger partial charge >= 0.3 is 104 Å². The number of rotatable bonds is 0. The van der Waals surface area contributed by atoms with Gasteiger partial charge in [0, 0.05) is 0 Å². The fraction of sp³-hybridized carbons (Fsp3) is 0. The fourth-order valence-corrected chi connectivity index (χ4v) is 0. The van der Waals surface area contributed by atoms with Crippen LogP contribution in [-0.4, -0.2) is 109 Å². The third-order valence-electron chi connectivity index (χ3n) is 0. The molecule has 2 nitrogen and oxygen atoms in total. The van der Waals surface area contributed by atoms with Gasteiger partial charge in [0.25, 0.3) is 0 Å². The molecule has 5 heteroatoms. The summed E-state index contributed by atoms with van der Waals surface area (Å²) < 4.78 is 0. The van der Waals surface area contributed by atoms with Gasteiger partial charge in [0.2, 0.25) is 0 Å². The van der Waals surface area contributed by atoms with Gasteiger partial charge in [-0.2, -0.15) is 0 Å². The molecule has 3 radical (unpaired) electrons. The van der Waals surface area contributed by atoms with E-state index in [1.165, 1.54) is 0 Å². The average molecular weight is 246 g/mol. The molecular weight excluding hydrogens is 238 g/mol. The zero-order valence-electron chi connectivity index (χ0n) is 2.77. The summed E-state index contributed by atoms with van der Waals surface area (Å²) in [5, 5.41) is 7.31. The van der Waals surface area contributed by atoms with E-state index in [4.69, 9.17) is 9.90 Å². The molecular formula is C2H8KMgO2Sn. The summed E-state index contributed by atoms with van der Waals surface area (Å²) in [5.41, 5.74) is 0. The summed E-state index contributed by atoms with van der Waals surface area (Å²) in [6.07, 6.45) is 0. The van der Waals surface area contributed by atoms with Gasteiger partial charge < -0.3 is 5.11 Å². The van der Waals surface area contributed by atoms with Crippen LogP contribution >= 0.6 is 0 Å². The Kier molecular flexibility index (Phi) is 51.2. The summed E-state index contributed by atoms with van der Waals surface area (Å²) in [4.78, 5) is 8.89. The summed E-state index contributed by atoms with van der Waals surface area (Å²) in [6, 6.07) is 0. The Morgan fingerprint density at radius 2 is 1.57 bits per heavy atom. The molecule has 0 aromatic carbocycles. The molecule has 0 rings (SSSR count). The molecule has 35 valence electrons. The Labute approximate surface area is 118 Å². The van der Waals surface area contributed by atoms with Gasteiger partial charge in [-0.25, -0.2) is 0 Å². The predicted octanol–water partition coefficient (Wildman–Crippen LogP) is -2.58. The van der Waals surface area contributed by atoms with E-state index in [0.717, 1.165) is 0 Å². The normalized spacial score (nSPS) is 3.57. The second kappa shape index (κ2) is 15.9. The van der Waals surface area contributed by atoms with Crippen molar-refractivity contribution in [1.82, 2.24) is 0 Å². The molecule has 0 bridgehead atoms. The number of hydrogen-bond donors (Lipinski definition) is 1. The zero-order valence-corrected chi connectivity index (χ0v) is 6.81. The first-order valence-corrected chi connectivity index (χ1v) is 0.781. The summed E-state index contributed by atoms with van der Waals surface area (Å²) >= 11 is 0. The van der Waals surface area contributed by atoms with Crippen LogP contribution in [0.3, 0.4) is 0 Å². The second-order valence-electron chi connectivity index (χ2n) is 0.394. The van der Waals surface area contributed by atoms with Gasteiger partial charge in [-0.1, -0.05) is 0 Å². The SMILES string of the molecule is [CH2]C(=O)O.[KH].[MgH2].[SnH2]. The Bertz CT molecular complexity index is 38.7. The maximum atomic E-state index is 8.89. The van der Waals surface area contributed by atoms with Crippen molar-refractivity contribution >= 4 is 104 Å². The minimum absolute atomic E-state index is 0. The summed E-state index contributed by atoms with van der Waals surface area (Å²) in [6.45, 7) is 2.56. The number of carbonyl (C=O) groups is 1. The molecule has 0 heterocycles. The van der Waals surface area contributed by atoms with Crippen molar-refractivity contribution in [2.24, 2.45) is 0 Å². The molecule has 0 spiro atoms. The van der Waals surface area contributed by atoms with Gasteiger partial charge in [-0.15, -0.1) is 0 Å². The van der Waals surface area contributed by atoms with E-state index in [-0.39, 0.29) is 98.3 Å². The van der Waals surface area contributed by atoms with Crippen LogP contribution in [0, 0.1) is 6.92 Å². The molecule has 0 aliphatic heterocycles. The van der Waals surface area contributed by atoms with E-state index in [9.17, 15) is 0 Å². The molecule has 7 heavy (non-hydrogen) atoms. The van der Waals surface area contributed by atoms with Crippen molar-refractivity contribution < 1.29 is 9.90 Å². The van der Waals surface area contributed by atoms with Gasteiger partial charge in [0.1, 0.15) is 0 Å². The first-order chi connectivity index (χ1) is 1.73. The Hall–Kier alpha value is 2.67. The fourth-order valence-electron chi connectivity index (χ4n) is 0. The number of hydrogen-bond acceptors (Lipinski definition) is 1. The van der Waals surface area contributed by atoms with Gasteiger partial charge in [0.15, 0.2) is 0 Å². The molecule has 0 atom stereocenters. The molecule has 0 aromatic rings. The van der Waals surface area contributed by atoms with Crippen molar-refractivity contribution in [1.29, 1.82) is 0 Å². The molecule has 0 amide bonds. The van der Waals surface area contributed by atoms with Crippen LogP contribution in [0.15, 0.2) is 0 Å². The Morgan fingerprint density at radius 1 is 1.57 bits per heavy atom. The van der Waals surface area contributed by atoms with Gasteiger partial charge in [-0.05, 0) is 0 Å². The van der Waals surface area contributed by atoms with Crippen molar-refractivity contribution in [3.63, 3.8) is 0 Å². The van der Waals surface area contributed by atoms with Gasteiger partial charge in [-0.3, -0.25) is 4.79 Å². The second-order valence-corrected chi connectivity index (χ2v) is 0.394. The predicted molar refractivity (Wildman–Crippen MR) is 37.2 cm³/mol. The van der Waals surface area contributed by atoms with Crippen LogP contribution in [0.1, 0.15) is 0 Å². The van der Waals surface area contributed by atoms with E-state index < -0.39 is 5.97 Å². The van der Waals surface area contributed by atoms with E-state index in [1.54, 1.807) is 0 Å². The van der Waals surface area contributed by atoms with Crippen LogP contribution in [-0.2, 0) is 4.79 Å². The zero-order chi connectivity index (χ0) is 3.58. The monoisotopic (exact) mass is 247 g/mol. The number of aliphatic carboxylic acids is 1. The molecule has 1 N–H and O–H groups in total. The van der Waals surface area contributed by atoms with Crippen LogP contribution in [0.5, 0.6) is 0 Å². The Balaban J connectivity index is -0.0000000150. The molecule has 0 saturated carbocycles. The molecule has 0 aromatic heterocycles. The average Bonchev–Trinajstić information content (AvgIpc) is 0.811. The quantitative estimate of drug-likeness (QED) is 0.477. The first-order valence-electron chi connectivity index (χ1n) is 0.781. The third kappa shape index (κ3) is 54.1. The Morgan fingerprint density at radius 3 is 1.57 bits per heavy atom. The summed E-state index contributed by atoms with van der Waals surface area (Å²) in [7, 11) is 0. The van der Waals surface area contributed by atoms with Crippen molar-refractivity contribution in [2.75, 3.05) is 0 Å². The van der Waals surface area contributed by atoms with E-state index in [2.05, 4.69) is 6.92 Å². The van der Waals surface area contributed by atoms with Crippen molar-refractivity contribution in [3.05, 3.63) is 6.92 Å². The van der Waals surface area contributed by atoms with E-state index in [0.29, 0.717) is 0 Å². The van der Waals surface area contributed by atoms with Crippen molar-refractivity contribution in [3.8, 4) is 0 Å². The third-order valence-corrected chi connectivity index (χ3v) is 0. The van der Waals surface area contributed by atoms with Crippen LogP contribution < -0.4 is 0 Å². The number of carboxylic acids is 1. The number of carboxylic acid groups (broad SMARTS) is 1. The first kappa shape index (κ1) is 22.6. The standard InChI is InChI=1S/C2H3O2.K.Mg.Sn.5H/c1-2(3)4;;;;;;;;/h1H2,(H,3,4);;;;;;;;. The van der Waals surface area contributed by atoms with Crippen molar-refractivity contribution in [2.45, 2.75) is 0 Å². The molecule has 0 fully saturated rings. The maximum absolute atomic E-state index is 8.89. The van der Waals surface area contributed by atoms with Crippen LogP contribution in [0.25, 0.3) is 0 Å². The van der Waals surface area contributed by atoms with Crippen LogP contribution in [0.2, 0.25) is 0 Å². The summed E-state index contributed by atoms with van der Waals surface area (Å²) in [5.74, 6) is -1.08. The van der Waals surface area contributed by atoms with Crippen LogP contribution in [0.4, 0.5) is 0 Å². The molecule has 0 aliphatic rings. The van der Waals surface area contributed by atoms with E-state index >= 15 is 0 Å². The van der Waals surface area contributed by atoms with Gasteiger partial charge in [0.05, 0.1) is 6.92 Å². The topological polar surface area (TPSA) is 37.3 Å². The molecule has 0 aliphatic carbocycles. The van der Waals surface area contributed by atoms with E-state index in [1.807, 2.05) is 0 Å². The molecule has 0 unspecified atom stereocenters. The minimum atomic E-state index is -1.08.